The number of pyridine rings is 1. The van der Waals surface area contributed by atoms with E-state index in [0.29, 0.717) is 19.8 Å². The normalized spacial score (nSPS) is 10.5. The quantitative estimate of drug-likeness (QED) is 0.761. The summed E-state index contributed by atoms with van der Waals surface area (Å²) >= 11 is 3.28. The third-order valence-corrected chi connectivity index (χ3v) is 3.26. The van der Waals surface area contributed by atoms with Gasteiger partial charge in [-0.15, -0.1) is 0 Å². The molecule has 2 aromatic rings. The predicted molar refractivity (Wildman–Crippen MR) is 81.3 cm³/mol. The van der Waals surface area contributed by atoms with Crippen LogP contribution in [0.15, 0.2) is 51.9 Å². The van der Waals surface area contributed by atoms with Crippen molar-refractivity contribution in [3.63, 3.8) is 0 Å². The minimum absolute atomic E-state index is 0.0370. The molecule has 1 aromatic carbocycles. The number of hydrogen-bond donors (Lipinski definition) is 0. The minimum atomic E-state index is -0.0370. The van der Waals surface area contributed by atoms with E-state index in [-0.39, 0.29) is 5.56 Å². The van der Waals surface area contributed by atoms with Gasteiger partial charge >= 0.3 is 0 Å². The number of aromatic nitrogens is 1. The van der Waals surface area contributed by atoms with Crippen LogP contribution in [0.3, 0.4) is 0 Å². The molecule has 0 N–H and O–H groups in total. The molecule has 2 rings (SSSR count). The zero-order valence-corrected chi connectivity index (χ0v) is 12.8. The van der Waals surface area contributed by atoms with Gasteiger partial charge < -0.3 is 14.0 Å². The summed E-state index contributed by atoms with van der Waals surface area (Å²) in [6.45, 7) is 1.59. The third-order valence-electron chi connectivity index (χ3n) is 2.77. The van der Waals surface area contributed by atoms with E-state index in [4.69, 9.17) is 9.47 Å². The van der Waals surface area contributed by atoms with Crippen molar-refractivity contribution in [1.29, 1.82) is 0 Å². The maximum absolute atomic E-state index is 11.8. The fourth-order valence-corrected chi connectivity index (χ4v) is 2.10. The SMILES string of the molecule is COCCOc1cccc(Cn2ccc(Br)cc2=O)c1. The number of hydrogen-bond acceptors (Lipinski definition) is 3. The van der Waals surface area contributed by atoms with Crippen LogP contribution in [0, 0.1) is 0 Å². The molecule has 0 atom stereocenters. The van der Waals surface area contributed by atoms with Gasteiger partial charge in [0.1, 0.15) is 12.4 Å². The van der Waals surface area contributed by atoms with Gasteiger partial charge in [0.25, 0.3) is 5.56 Å². The third kappa shape index (κ3) is 4.21. The molecule has 106 valence electrons. The Morgan fingerprint density at radius 2 is 2.05 bits per heavy atom. The van der Waals surface area contributed by atoms with Gasteiger partial charge in [-0.25, -0.2) is 0 Å². The zero-order valence-electron chi connectivity index (χ0n) is 11.2. The molecule has 0 saturated carbocycles. The van der Waals surface area contributed by atoms with Gasteiger partial charge in [0, 0.05) is 23.8 Å². The lowest BCUT2D eigenvalue weighted by Gasteiger charge is -2.09. The first kappa shape index (κ1) is 14.8. The Bertz CT molecular complexity index is 625. The Morgan fingerprint density at radius 1 is 1.20 bits per heavy atom. The first-order valence-corrected chi connectivity index (χ1v) is 7.05. The molecule has 1 aromatic heterocycles. The van der Waals surface area contributed by atoms with Crippen molar-refractivity contribution in [1.82, 2.24) is 4.57 Å². The Labute approximate surface area is 126 Å². The number of ether oxygens (including phenoxy) is 2. The van der Waals surface area contributed by atoms with Crippen LogP contribution in [-0.2, 0) is 11.3 Å². The van der Waals surface area contributed by atoms with E-state index in [9.17, 15) is 4.79 Å². The average molecular weight is 338 g/mol. The van der Waals surface area contributed by atoms with E-state index >= 15 is 0 Å². The lowest BCUT2D eigenvalue weighted by molar-refractivity contribution is 0.146. The second-order valence-electron chi connectivity index (χ2n) is 4.30. The number of halogens is 1. The number of methoxy groups -OCH3 is 1. The van der Waals surface area contributed by atoms with Gasteiger partial charge in [-0.2, -0.15) is 0 Å². The first-order chi connectivity index (χ1) is 9.69. The van der Waals surface area contributed by atoms with Crippen molar-refractivity contribution in [2.24, 2.45) is 0 Å². The smallest absolute Gasteiger partial charge is 0.251 e. The summed E-state index contributed by atoms with van der Waals surface area (Å²) in [4.78, 5) is 11.8. The summed E-state index contributed by atoms with van der Waals surface area (Å²) in [7, 11) is 1.64. The van der Waals surface area contributed by atoms with Gasteiger partial charge in [-0.3, -0.25) is 4.79 Å². The lowest BCUT2D eigenvalue weighted by atomic mass is 10.2. The minimum Gasteiger partial charge on any atom is -0.491 e. The van der Waals surface area contributed by atoms with Crippen molar-refractivity contribution in [3.05, 3.63) is 63.0 Å². The molecule has 0 amide bonds. The molecular weight excluding hydrogens is 322 g/mol. The van der Waals surface area contributed by atoms with E-state index in [1.54, 1.807) is 23.9 Å². The maximum Gasteiger partial charge on any atom is 0.251 e. The van der Waals surface area contributed by atoms with Crippen LogP contribution in [0.4, 0.5) is 0 Å². The van der Waals surface area contributed by atoms with Gasteiger partial charge in [0.15, 0.2) is 0 Å². The van der Waals surface area contributed by atoms with E-state index in [1.807, 2.05) is 30.3 Å². The largest absolute Gasteiger partial charge is 0.491 e. The maximum atomic E-state index is 11.8. The number of rotatable bonds is 6. The second-order valence-corrected chi connectivity index (χ2v) is 5.22. The van der Waals surface area contributed by atoms with Crippen LogP contribution in [0.1, 0.15) is 5.56 Å². The summed E-state index contributed by atoms with van der Waals surface area (Å²) in [5.74, 6) is 0.782. The molecule has 1 heterocycles. The van der Waals surface area contributed by atoms with Crippen LogP contribution < -0.4 is 10.3 Å². The molecule has 0 aliphatic carbocycles. The Balaban J connectivity index is 2.09. The fraction of sp³-hybridized carbons (Fsp3) is 0.267. The molecule has 4 nitrogen and oxygen atoms in total. The molecule has 0 saturated heterocycles. The second kappa shape index (κ2) is 7.26. The number of benzene rings is 1. The molecule has 0 aliphatic rings. The van der Waals surface area contributed by atoms with E-state index in [1.165, 1.54) is 0 Å². The van der Waals surface area contributed by atoms with Crippen LogP contribution >= 0.6 is 15.9 Å². The molecule has 0 radical (unpaired) electrons. The molecule has 0 spiro atoms. The highest BCUT2D eigenvalue weighted by Crippen LogP contribution is 2.14. The Kier molecular flexibility index (Phi) is 5.38. The Hall–Kier alpha value is -1.59. The molecule has 20 heavy (non-hydrogen) atoms. The Morgan fingerprint density at radius 3 is 2.80 bits per heavy atom. The van der Waals surface area contributed by atoms with Crippen molar-refractivity contribution in [2.45, 2.75) is 6.54 Å². The fourth-order valence-electron chi connectivity index (χ4n) is 1.79. The van der Waals surface area contributed by atoms with E-state index < -0.39 is 0 Å². The molecule has 0 bridgehead atoms. The summed E-state index contributed by atoms with van der Waals surface area (Å²) in [6, 6.07) is 11.1. The predicted octanol–water partition coefficient (Wildman–Crippen LogP) is 2.68. The van der Waals surface area contributed by atoms with Crippen LogP contribution in [0.25, 0.3) is 0 Å². The number of nitrogens with zero attached hydrogens (tertiary/aromatic N) is 1. The molecule has 5 heteroatoms. The summed E-state index contributed by atoms with van der Waals surface area (Å²) in [5, 5.41) is 0. The summed E-state index contributed by atoms with van der Waals surface area (Å²) in [5.41, 5.74) is 0.981. The van der Waals surface area contributed by atoms with Crippen LogP contribution in [0.2, 0.25) is 0 Å². The van der Waals surface area contributed by atoms with Crippen molar-refractivity contribution < 1.29 is 9.47 Å². The van der Waals surface area contributed by atoms with Crippen molar-refractivity contribution >= 4 is 15.9 Å². The highest BCUT2D eigenvalue weighted by molar-refractivity contribution is 9.10. The molecular formula is C15H16BrNO3. The molecule has 0 fully saturated rings. The molecule has 0 unspecified atom stereocenters. The summed E-state index contributed by atoms with van der Waals surface area (Å²) in [6.07, 6.45) is 1.77. The van der Waals surface area contributed by atoms with Crippen LogP contribution in [-0.4, -0.2) is 24.9 Å². The topological polar surface area (TPSA) is 40.5 Å². The van der Waals surface area contributed by atoms with E-state index in [0.717, 1.165) is 15.8 Å². The highest BCUT2D eigenvalue weighted by atomic mass is 79.9. The van der Waals surface area contributed by atoms with Crippen LogP contribution in [0.5, 0.6) is 5.75 Å². The van der Waals surface area contributed by atoms with Gasteiger partial charge in [0.05, 0.1) is 13.2 Å². The van der Waals surface area contributed by atoms with Gasteiger partial charge in [-0.1, -0.05) is 28.1 Å². The van der Waals surface area contributed by atoms with Gasteiger partial charge in [0.2, 0.25) is 0 Å². The standard InChI is InChI=1S/C15H16BrNO3/c1-19-7-8-20-14-4-2-3-12(9-14)11-17-6-5-13(16)10-15(17)18/h2-6,9-10H,7-8,11H2,1H3. The van der Waals surface area contributed by atoms with Crippen molar-refractivity contribution in [3.8, 4) is 5.75 Å². The highest BCUT2D eigenvalue weighted by Gasteiger charge is 2.01. The summed E-state index contributed by atoms with van der Waals surface area (Å²) < 4.78 is 12.9. The van der Waals surface area contributed by atoms with E-state index in [2.05, 4.69) is 15.9 Å². The van der Waals surface area contributed by atoms with Crippen molar-refractivity contribution in [2.75, 3.05) is 20.3 Å². The lowest BCUT2D eigenvalue weighted by Crippen LogP contribution is -2.18. The first-order valence-electron chi connectivity index (χ1n) is 6.26. The average Bonchev–Trinajstić information content (AvgIpc) is 2.43. The van der Waals surface area contributed by atoms with Gasteiger partial charge in [-0.05, 0) is 23.8 Å². The molecule has 0 aliphatic heterocycles. The zero-order chi connectivity index (χ0) is 14.4. The monoisotopic (exact) mass is 337 g/mol.